The first-order chi connectivity index (χ1) is 15.5. The Morgan fingerprint density at radius 3 is 2.56 bits per heavy atom. The molecule has 9 heteroatoms. The maximum absolute atomic E-state index is 12.6. The summed E-state index contributed by atoms with van der Waals surface area (Å²) in [6, 6.07) is 7.17. The predicted molar refractivity (Wildman–Crippen MR) is 122 cm³/mol. The van der Waals surface area contributed by atoms with Gasteiger partial charge < -0.3 is 14.8 Å². The fourth-order valence-electron chi connectivity index (χ4n) is 3.40. The van der Waals surface area contributed by atoms with E-state index >= 15 is 0 Å². The monoisotopic (exact) mass is 440 g/mol. The number of hydrogen-bond acceptors (Lipinski definition) is 6. The Hall–Kier alpha value is -3.62. The molecule has 0 fully saturated rings. The van der Waals surface area contributed by atoms with E-state index in [0.717, 1.165) is 5.56 Å². The van der Waals surface area contributed by atoms with Gasteiger partial charge in [-0.15, -0.1) is 0 Å². The maximum atomic E-state index is 12.6. The molecule has 2 heterocycles. The molecule has 1 amide bonds. The normalized spacial score (nSPS) is 10.8. The molecule has 0 atom stereocenters. The van der Waals surface area contributed by atoms with Crippen LogP contribution < -0.4 is 26.0 Å². The van der Waals surface area contributed by atoms with Gasteiger partial charge in [-0.1, -0.05) is 13.0 Å². The number of hydrogen-bond donors (Lipinski definition) is 2. The predicted octanol–water partition coefficient (Wildman–Crippen LogP) is 2.26. The smallest absolute Gasteiger partial charge is 0.329 e. The Morgan fingerprint density at radius 1 is 1.09 bits per heavy atom. The summed E-state index contributed by atoms with van der Waals surface area (Å²) < 4.78 is 12.6. The minimum atomic E-state index is -0.558. The molecule has 3 aromatic rings. The average Bonchev–Trinajstić information content (AvgIpc) is 2.78. The van der Waals surface area contributed by atoms with E-state index in [0.29, 0.717) is 50.6 Å². The highest BCUT2D eigenvalue weighted by Gasteiger charge is 2.13. The molecule has 0 aliphatic rings. The van der Waals surface area contributed by atoms with Gasteiger partial charge in [0, 0.05) is 19.3 Å². The third-order valence-corrected chi connectivity index (χ3v) is 4.85. The molecule has 0 unspecified atom stereocenters. The molecule has 9 nitrogen and oxygen atoms in total. The van der Waals surface area contributed by atoms with E-state index in [1.807, 2.05) is 39.0 Å². The molecule has 3 rings (SSSR count). The van der Waals surface area contributed by atoms with Gasteiger partial charge in [-0.05, 0) is 50.5 Å². The van der Waals surface area contributed by atoms with Crippen LogP contribution in [0.2, 0.25) is 0 Å². The standard InChI is InChI=1S/C23H28N4O5/c1-4-11-27-20-17(22(29)26-23(27)30)13-16(14-25-20)21(28)24-10-9-15-7-8-18(31-5-2)19(12-15)32-6-3/h7-8,12-14H,4-6,9-11H2,1-3H3,(H,24,28)(H,26,29,30). The van der Waals surface area contributed by atoms with Crippen molar-refractivity contribution in [3.8, 4) is 11.5 Å². The van der Waals surface area contributed by atoms with Crippen molar-refractivity contribution in [3.05, 3.63) is 62.4 Å². The van der Waals surface area contributed by atoms with Crippen molar-refractivity contribution in [1.82, 2.24) is 19.9 Å². The second-order valence-corrected chi connectivity index (χ2v) is 7.16. The molecule has 0 saturated carbocycles. The van der Waals surface area contributed by atoms with E-state index in [4.69, 9.17) is 9.47 Å². The number of benzene rings is 1. The summed E-state index contributed by atoms with van der Waals surface area (Å²) in [6.07, 6.45) is 2.68. The summed E-state index contributed by atoms with van der Waals surface area (Å²) in [4.78, 5) is 43.4. The Morgan fingerprint density at radius 2 is 1.84 bits per heavy atom. The molecule has 0 radical (unpaired) electrons. The highest BCUT2D eigenvalue weighted by Crippen LogP contribution is 2.28. The molecule has 32 heavy (non-hydrogen) atoms. The second kappa shape index (κ2) is 10.6. The minimum absolute atomic E-state index is 0.207. The molecular formula is C23H28N4O5. The number of amides is 1. The number of pyridine rings is 1. The quantitative estimate of drug-likeness (QED) is 0.500. The van der Waals surface area contributed by atoms with Crippen molar-refractivity contribution in [2.75, 3.05) is 19.8 Å². The fourth-order valence-corrected chi connectivity index (χ4v) is 3.40. The molecule has 0 aliphatic heterocycles. The first-order valence-corrected chi connectivity index (χ1v) is 10.8. The van der Waals surface area contributed by atoms with Crippen LogP contribution in [0.4, 0.5) is 0 Å². The SMILES string of the molecule is CCCn1c(=O)[nH]c(=O)c2cc(C(=O)NCCc3ccc(OCC)c(OCC)c3)cnc21. The van der Waals surface area contributed by atoms with E-state index < -0.39 is 11.2 Å². The Balaban J connectivity index is 1.72. The number of nitrogens with zero attached hydrogens (tertiary/aromatic N) is 2. The average molecular weight is 441 g/mol. The Labute approximate surface area is 185 Å². The molecule has 0 bridgehead atoms. The fraction of sp³-hybridized carbons (Fsp3) is 0.391. The van der Waals surface area contributed by atoms with Gasteiger partial charge in [0.1, 0.15) is 5.65 Å². The summed E-state index contributed by atoms with van der Waals surface area (Å²) >= 11 is 0. The van der Waals surface area contributed by atoms with Crippen molar-refractivity contribution >= 4 is 16.9 Å². The van der Waals surface area contributed by atoms with Crippen molar-refractivity contribution in [2.45, 2.75) is 40.2 Å². The van der Waals surface area contributed by atoms with Gasteiger partial charge in [0.25, 0.3) is 11.5 Å². The third kappa shape index (κ3) is 5.16. The highest BCUT2D eigenvalue weighted by atomic mass is 16.5. The van der Waals surface area contributed by atoms with E-state index in [1.54, 1.807) is 0 Å². The van der Waals surface area contributed by atoms with Gasteiger partial charge in [0.2, 0.25) is 0 Å². The molecular weight excluding hydrogens is 412 g/mol. The van der Waals surface area contributed by atoms with Crippen LogP contribution in [0.25, 0.3) is 11.0 Å². The molecule has 1 aromatic carbocycles. The van der Waals surface area contributed by atoms with Gasteiger partial charge in [-0.3, -0.25) is 19.1 Å². The molecule has 2 aromatic heterocycles. The van der Waals surface area contributed by atoms with Crippen molar-refractivity contribution < 1.29 is 14.3 Å². The van der Waals surface area contributed by atoms with E-state index in [1.165, 1.54) is 16.8 Å². The lowest BCUT2D eigenvalue weighted by Gasteiger charge is -2.13. The van der Waals surface area contributed by atoms with Crippen LogP contribution in [0.1, 0.15) is 43.1 Å². The lowest BCUT2D eigenvalue weighted by molar-refractivity contribution is 0.0954. The lowest BCUT2D eigenvalue weighted by atomic mass is 10.1. The molecule has 170 valence electrons. The first kappa shape index (κ1) is 23.1. The zero-order valence-electron chi connectivity index (χ0n) is 18.6. The van der Waals surface area contributed by atoms with Crippen LogP contribution in [-0.2, 0) is 13.0 Å². The summed E-state index contributed by atoms with van der Waals surface area (Å²) in [7, 11) is 0. The van der Waals surface area contributed by atoms with Crippen molar-refractivity contribution in [2.24, 2.45) is 0 Å². The van der Waals surface area contributed by atoms with Gasteiger partial charge in [0.15, 0.2) is 11.5 Å². The minimum Gasteiger partial charge on any atom is -0.490 e. The van der Waals surface area contributed by atoms with Gasteiger partial charge in [-0.2, -0.15) is 0 Å². The number of carbonyl (C=O) groups is 1. The van der Waals surface area contributed by atoms with Crippen LogP contribution in [-0.4, -0.2) is 40.2 Å². The number of nitrogens with one attached hydrogen (secondary N) is 2. The number of aromatic amines is 1. The highest BCUT2D eigenvalue weighted by molar-refractivity contribution is 5.96. The summed E-state index contributed by atoms with van der Waals surface area (Å²) in [5.74, 6) is 1.02. The van der Waals surface area contributed by atoms with Crippen LogP contribution in [0.15, 0.2) is 40.1 Å². The van der Waals surface area contributed by atoms with Crippen molar-refractivity contribution in [1.29, 1.82) is 0 Å². The van der Waals surface area contributed by atoms with Crippen LogP contribution >= 0.6 is 0 Å². The number of fused-ring (bicyclic) bond motifs is 1. The van der Waals surface area contributed by atoms with E-state index in [9.17, 15) is 14.4 Å². The van der Waals surface area contributed by atoms with Crippen LogP contribution in [0.5, 0.6) is 11.5 Å². The topological polar surface area (TPSA) is 115 Å². The number of rotatable bonds is 10. The maximum Gasteiger partial charge on any atom is 0.329 e. The van der Waals surface area contributed by atoms with Gasteiger partial charge in [-0.25, -0.2) is 9.78 Å². The van der Waals surface area contributed by atoms with E-state index in [2.05, 4.69) is 15.3 Å². The largest absolute Gasteiger partial charge is 0.490 e. The van der Waals surface area contributed by atoms with Gasteiger partial charge >= 0.3 is 5.69 Å². The van der Waals surface area contributed by atoms with Crippen LogP contribution in [0, 0.1) is 0 Å². The Kier molecular flexibility index (Phi) is 7.64. The molecule has 0 saturated heterocycles. The zero-order chi connectivity index (χ0) is 23.1. The van der Waals surface area contributed by atoms with Gasteiger partial charge in [0.05, 0.1) is 24.2 Å². The Bertz CT molecular complexity index is 1220. The first-order valence-electron chi connectivity index (χ1n) is 10.8. The summed E-state index contributed by atoms with van der Waals surface area (Å²) in [5.41, 5.74) is 0.462. The molecule has 0 spiro atoms. The van der Waals surface area contributed by atoms with Crippen molar-refractivity contribution in [3.63, 3.8) is 0 Å². The molecule has 0 aliphatic carbocycles. The number of H-pyrrole nitrogens is 1. The molecule has 2 N–H and O–H groups in total. The zero-order valence-corrected chi connectivity index (χ0v) is 18.6. The van der Waals surface area contributed by atoms with E-state index in [-0.39, 0.29) is 22.5 Å². The van der Waals surface area contributed by atoms with Crippen LogP contribution in [0.3, 0.4) is 0 Å². The number of aromatic nitrogens is 3. The number of ether oxygens (including phenoxy) is 2. The summed E-state index contributed by atoms with van der Waals surface area (Å²) in [6.45, 7) is 7.64. The number of carbonyl (C=O) groups excluding carboxylic acids is 1. The third-order valence-electron chi connectivity index (χ3n) is 4.85. The number of aryl methyl sites for hydroxylation is 1. The second-order valence-electron chi connectivity index (χ2n) is 7.16. The lowest BCUT2D eigenvalue weighted by Crippen LogP contribution is -2.31. The summed E-state index contributed by atoms with van der Waals surface area (Å²) in [5, 5.41) is 3.05.